The lowest BCUT2D eigenvalue weighted by atomic mass is 9.76. The maximum absolute atomic E-state index is 11.2. The second kappa shape index (κ2) is 7.02. The van der Waals surface area contributed by atoms with Crippen LogP contribution < -0.4 is 9.64 Å². The van der Waals surface area contributed by atoms with E-state index in [0.717, 1.165) is 17.0 Å². The van der Waals surface area contributed by atoms with Crippen LogP contribution in [-0.4, -0.2) is 17.7 Å². The summed E-state index contributed by atoms with van der Waals surface area (Å²) < 4.78 is 6.64. The Labute approximate surface area is 185 Å². The van der Waals surface area contributed by atoms with E-state index in [1.807, 2.05) is 24.3 Å². The van der Waals surface area contributed by atoms with Crippen LogP contribution in [0, 0.1) is 10.1 Å². The smallest absolute Gasteiger partial charge is 0.296 e. The van der Waals surface area contributed by atoms with Crippen LogP contribution in [0.25, 0.3) is 6.08 Å². The number of hydrogen-bond donors (Lipinski definition) is 0. The summed E-state index contributed by atoms with van der Waals surface area (Å²) in [5.41, 5.74) is 3.10. The number of benzene rings is 3. The Morgan fingerprint density at radius 2 is 1.75 bits per heavy atom. The number of ether oxygens (including phenoxy) is 1. The predicted octanol–water partition coefficient (Wildman–Crippen LogP) is 6.54. The average Bonchev–Trinajstić information content (AvgIpc) is 2.96. The molecule has 32 heavy (non-hydrogen) atoms. The lowest BCUT2D eigenvalue weighted by molar-refractivity contribution is -0.384. The van der Waals surface area contributed by atoms with Gasteiger partial charge < -0.3 is 9.64 Å². The van der Waals surface area contributed by atoms with Crippen molar-refractivity contribution in [2.45, 2.75) is 25.0 Å². The number of nitrogens with zero attached hydrogens (tertiary/aromatic N) is 4. The maximum atomic E-state index is 11.2. The number of rotatable bonds is 3. The largest absolute Gasteiger partial charge is 0.463 e. The highest BCUT2D eigenvalue weighted by Gasteiger charge is 2.57. The quantitative estimate of drug-likeness (QED) is 0.270. The molecule has 3 aromatic rings. The van der Waals surface area contributed by atoms with Crippen LogP contribution >= 0.6 is 0 Å². The van der Waals surface area contributed by atoms with Crippen LogP contribution in [0.15, 0.2) is 83.0 Å². The lowest BCUT2D eigenvalue weighted by Crippen LogP contribution is -2.58. The van der Waals surface area contributed by atoms with E-state index < -0.39 is 10.6 Å². The molecule has 2 heterocycles. The third-order valence-electron chi connectivity index (χ3n) is 6.43. The van der Waals surface area contributed by atoms with E-state index in [1.54, 1.807) is 24.3 Å². The number of fused-ring (bicyclic) bond motifs is 2. The molecular weight excluding hydrogens is 404 g/mol. The lowest BCUT2D eigenvalue weighted by Gasteiger charge is -2.45. The van der Waals surface area contributed by atoms with Crippen molar-refractivity contribution in [3.8, 4) is 5.75 Å². The fourth-order valence-electron chi connectivity index (χ4n) is 4.64. The van der Waals surface area contributed by atoms with E-state index in [2.05, 4.69) is 60.3 Å². The van der Waals surface area contributed by atoms with E-state index >= 15 is 0 Å². The van der Waals surface area contributed by atoms with Crippen molar-refractivity contribution in [1.82, 2.24) is 0 Å². The van der Waals surface area contributed by atoms with Crippen molar-refractivity contribution in [2.24, 2.45) is 10.2 Å². The molecule has 0 radical (unpaired) electrons. The fraction of sp³-hybridized carbons (Fsp3) is 0.200. The van der Waals surface area contributed by atoms with Crippen LogP contribution in [0.2, 0.25) is 0 Å². The van der Waals surface area contributed by atoms with Crippen molar-refractivity contribution >= 4 is 28.8 Å². The molecule has 0 saturated heterocycles. The molecule has 2 aliphatic heterocycles. The highest BCUT2D eigenvalue weighted by molar-refractivity contribution is 5.73. The van der Waals surface area contributed by atoms with E-state index in [4.69, 9.17) is 4.74 Å². The number of para-hydroxylation sites is 2. The van der Waals surface area contributed by atoms with Crippen LogP contribution in [0.3, 0.4) is 0 Å². The molecule has 160 valence electrons. The van der Waals surface area contributed by atoms with E-state index in [1.165, 1.54) is 11.6 Å². The monoisotopic (exact) mass is 426 g/mol. The number of likely N-dealkylation sites (N-methyl/N-ethyl adjacent to an activating group) is 1. The molecule has 3 aromatic carbocycles. The first-order valence-corrected chi connectivity index (χ1v) is 10.3. The molecule has 0 aliphatic carbocycles. The van der Waals surface area contributed by atoms with Gasteiger partial charge in [-0.25, -0.2) is 0 Å². The molecule has 7 nitrogen and oxygen atoms in total. The van der Waals surface area contributed by atoms with Gasteiger partial charge in [-0.3, -0.25) is 10.1 Å². The zero-order chi connectivity index (χ0) is 22.5. The molecule has 0 fully saturated rings. The molecule has 0 amide bonds. The van der Waals surface area contributed by atoms with Gasteiger partial charge in [-0.1, -0.05) is 30.3 Å². The summed E-state index contributed by atoms with van der Waals surface area (Å²) in [6.45, 7) is 4.39. The zero-order valence-electron chi connectivity index (χ0n) is 18.0. The van der Waals surface area contributed by atoms with Gasteiger partial charge in [0.1, 0.15) is 5.75 Å². The van der Waals surface area contributed by atoms with Gasteiger partial charge in [0, 0.05) is 24.4 Å². The number of nitro groups is 1. The Morgan fingerprint density at radius 3 is 2.53 bits per heavy atom. The van der Waals surface area contributed by atoms with Gasteiger partial charge in [0.15, 0.2) is 5.69 Å². The van der Waals surface area contributed by atoms with Gasteiger partial charge in [-0.05, 0) is 61.9 Å². The van der Waals surface area contributed by atoms with Gasteiger partial charge in [-0.15, -0.1) is 5.11 Å². The first-order valence-electron chi connectivity index (χ1n) is 10.3. The third-order valence-corrected chi connectivity index (χ3v) is 6.43. The molecule has 0 aromatic heterocycles. The summed E-state index contributed by atoms with van der Waals surface area (Å²) in [5, 5.41) is 19.5. The summed E-state index contributed by atoms with van der Waals surface area (Å²) >= 11 is 0. The van der Waals surface area contributed by atoms with E-state index in [9.17, 15) is 10.1 Å². The zero-order valence-corrected chi connectivity index (χ0v) is 18.0. The maximum Gasteiger partial charge on any atom is 0.296 e. The van der Waals surface area contributed by atoms with Gasteiger partial charge in [0.25, 0.3) is 5.69 Å². The van der Waals surface area contributed by atoms with Crippen molar-refractivity contribution in [2.75, 3.05) is 11.9 Å². The SMILES string of the molecule is CN1c2ccccc2C(C)(C)C12C=Cc1cc(N=Nc3ccccc3[N+](=O)[O-])ccc1O2. The summed E-state index contributed by atoms with van der Waals surface area (Å²) in [4.78, 5) is 12.9. The Morgan fingerprint density at radius 1 is 1.00 bits per heavy atom. The highest BCUT2D eigenvalue weighted by Crippen LogP contribution is 2.54. The molecule has 1 atom stereocenters. The molecular formula is C25H22N4O3. The standard InChI is InChI=1S/C25H22N4O3/c1-24(2)19-8-4-6-10-21(19)28(3)25(24)15-14-17-16-18(12-13-23(17)32-25)26-27-20-9-5-7-11-22(20)29(30)31/h4-16H,1-3H3. The van der Waals surface area contributed by atoms with Gasteiger partial charge >= 0.3 is 0 Å². The fourth-order valence-corrected chi connectivity index (χ4v) is 4.64. The molecule has 1 spiro atoms. The van der Waals surface area contributed by atoms with E-state index in [-0.39, 0.29) is 16.8 Å². The minimum Gasteiger partial charge on any atom is -0.463 e. The topological polar surface area (TPSA) is 80.3 Å². The Bertz CT molecular complexity index is 1300. The first-order chi connectivity index (χ1) is 15.3. The summed E-state index contributed by atoms with van der Waals surface area (Å²) in [6, 6.07) is 20.2. The average molecular weight is 426 g/mol. The summed E-state index contributed by atoms with van der Waals surface area (Å²) in [5.74, 6) is 0.755. The van der Waals surface area contributed by atoms with Crippen molar-refractivity contribution < 1.29 is 9.66 Å². The Hall–Kier alpha value is -4.00. The van der Waals surface area contributed by atoms with E-state index in [0.29, 0.717) is 5.69 Å². The molecule has 0 saturated carbocycles. The molecule has 7 heteroatoms. The first kappa shape index (κ1) is 19.9. The van der Waals surface area contributed by atoms with Crippen LogP contribution in [-0.2, 0) is 5.41 Å². The molecule has 0 N–H and O–H groups in total. The molecule has 0 bridgehead atoms. The normalized spacial score (nSPS) is 20.3. The molecule has 5 rings (SSSR count). The van der Waals surface area contributed by atoms with Crippen molar-refractivity contribution in [3.05, 3.63) is 94.0 Å². The van der Waals surface area contributed by atoms with Gasteiger partial charge in [0.05, 0.1) is 16.0 Å². The van der Waals surface area contributed by atoms with Crippen molar-refractivity contribution in [1.29, 1.82) is 0 Å². The Balaban J connectivity index is 1.47. The second-order valence-corrected chi connectivity index (χ2v) is 8.50. The highest BCUT2D eigenvalue weighted by atomic mass is 16.6. The van der Waals surface area contributed by atoms with Gasteiger partial charge in [0.2, 0.25) is 5.72 Å². The third kappa shape index (κ3) is 2.81. The minimum absolute atomic E-state index is 0.0783. The van der Waals surface area contributed by atoms with Gasteiger partial charge in [-0.2, -0.15) is 5.11 Å². The van der Waals surface area contributed by atoms with Crippen molar-refractivity contribution in [3.63, 3.8) is 0 Å². The number of nitro benzene ring substituents is 1. The summed E-state index contributed by atoms with van der Waals surface area (Å²) in [6.07, 6.45) is 4.14. The minimum atomic E-state index is -0.641. The molecule has 2 aliphatic rings. The van der Waals surface area contributed by atoms with Crippen LogP contribution in [0.4, 0.5) is 22.7 Å². The van der Waals surface area contributed by atoms with Crippen LogP contribution in [0.5, 0.6) is 5.75 Å². The predicted molar refractivity (Wildman–Crippen MR) is 124 cm³/mol. The summed E-state index contributed by atoms with van der Waals surface area (Å²) in [7, 11) is 2.05. The number of anilines is 1. The second-order valence-electron chi connectivity index (χ2n) is 8.50. The Kier molecular flexibility index (Phi) is 4.37. The number of hydrogen-bond acceptors (Lipinski definition) is 6. The van der Waals surface area contributed by atoms with Crippen LogP contribution in [0.1, 0.15) is 25.0 Å². The number of azo groups is 1. The molecule has 1 unspecified atom stereocenters.